The summed E-state index contributed by atoms with van der Waals surface area (Å²) >= 11 is 0. The number of para-hydroxylation sites is 1. The van der Waals surface area contributed by atoms with E-state index in [9.17, 15) is 0 Å². The normalized spacial score (nSPS) is 10.8. The van der Waals surface area contributed by atoms with E-state index in [1.165, 1.54) is 6.33 Å². The van der Waals surface area contributed by atoms with Gasteiger partial charge in [-0.1, -0.05) is 18.2 Å². The SMILES string of the molecule is Cc1ccc2cccc(OCc3ncnn3C)c2n1. The van der Waals surface area contributed by atoms with Crippen LogP contribution in [0.3, 0.4) is 0 Å². The van der Waals surface area contributed by atoms with Gasteiger partial charge < -0.3 is 4.74 Å². The lowest BCUT2D eigenvalue weighted by molar-refractivity contribution is 0.292. The van der Waals surface area contributed by atoms with Crippen LogP contribution in [0.15, 0.2) is 36.7 Å². The Labute approximate surface area is 110 Å². The molecule has 0 N–H and O–H groups in total. The van der Waals surface area contributed by atoms with Crippen LogP contribution in [-0.2, 0) is 13.7 Å². The van der Waals surface area contributed by atoms with E-state index in [0.29, 0.717) is 6.61 Å². The number of hydrogen-bond acceptors (Lipinski definition) is 4. The Bertz CT molecular complexity index is 720. The molecule has 5 nitrogen and oxygen atoms in total. The zero-order chi connectivity index (χ0) is 13.2. The van der Waals surface area contributed by atoms with Gasteiger partial charge in [-0.3, -0.25) is 4.68 Å². The maximum absolute atomic E-state index is 5.81. The fourth-order valence-electron chi connectivity index (χ4n) is 1.93. The quantitative estimate of drug-likeness (QED) is 0.719. The lowest BCUT2D eigenvalue weighted by atomic mass is 10.2. The summed E-state index contributed by atoms with van der Waals surface area (Å²) in [6, 6.07) is 9.95. The van der Waals surface area contributed by atoms with Crippen molar-refractivity contribution >= 4 is 10.9 Å². The van der Waals surface area contributed by atoms with E-state index in [1.54, 1.807) is 4.68 Å². The van der Waals surface area contributed by atoms with E-state index < -0.39 is 0 Å². The van der Waals surface area contributed by atoms with Crippen molar-refractivity contribution in [1.82, 2.24) is 19.7 Å². The Kier molecular flexibility index (Phi) is 2.87. The van der Waals surface area contributed by atoms with E-state index >= 15 is 0 Å². The minimum Gasteiger partial charge on any atom is -0.483 e. The number of hydrogen-bond donors (Lipinski definition) is 0. The minimum absolute atomic E-state index is 0.380. The largest absolute Gasteiger partial charge is 0.483 e. The molecule has 0 spiro atoms. The van der Waals surface area contributed by atoms with Crippen LogP contribution in [0, 0.1) is 6.92 Å². The number of nitrogens with zero attached hydrogens (tertiary/aromatic N) is 4. The molecule has 0 aliphatic rings. The second kappa shape index (κ2) is 4.68. The lowest BCUT2D eigenvalue weighted by Crippen LogP contribution is -2.05. The van der Waals surface area contributed by atoms with Crippen LogP contribution in [0.4, 0.5) is 0 Å². The molecule has 3 rings (SSSR count). The van der Waals surface area contributed by atoms with Gasteiger partial charge in [-0.05, 0) is 19.1 Å². The Morgan fingerprint density at radius 1 is 1.21 bits per heavy atom. The smallest absolute Gasteiger partial charge is 0.164 e. The molecule has 0 atom stereocenters. The maximum atomic E-state index is 5.81. The van der Waals surface area contributed by atoms with Crippen molar-refractivity contribution in [1.29, 1.82) is 0 Å². The highest BCUT2D eigenvalue weighted by atomic mass is 16.5. The third-order valence-electron chi connectivity index (χ3n) is 2.98. The van der Waals surface area contributed by atoms with Gasteiger partial charge in [-0.2, -0.15) is 5.10 Å². The minimum atomic E-state index is 0.380. The first-order chi connectivity index (χ1) is 9.24. The predicted molar refractivity (Wildman–Crippen MR) is 71.8 cm³/mol. The van der Waals surface area contributed by atoms with Crippen molar-refractivity contribution in [2.75, 3.05) is 0 Å². The number of pyridine rings is 1. The Morgan fingerprint density at radius 3 is 2.89 bits per heavy atom. The lowest BCUT2D eigenvalue weighted by Gasteiger charge is -2.08. The number of benzene rings is 1. The van der Waals surface area contributed by atoms with Crippen molar-refractivity contribution in [3.05, 3.63) is 48.2 Å². The number of aromatic nitrogens is 4. The molecule has 0 aliphatic carbocycles. The van der Waals surface area contributed by atoms with Crippen molar-refractivity contribution in [3.63, 3.8) is 0 Å². The van der Waals surface area contributed by atoms with Gasteiger partial charge in [-0.15, -0.1) is 0 Å². The molecule has 96 valence electrons. The second-order valence-corrected chi connectivity index (χ2v) is 4.37. The van der Waals surface area contributed by atoms with Crippen molar-refractivity contribution in [2.24, 2.45) is 7.05 Å². The van der Waals surface area contributed by atoms with Gasteiger partial charge in [0, 0.05) is 18.1 Å². The Morgan fingerprint density at radius 2 is 2.11 bits per heavy atom. The topological polar surface area (TPSA) is 52.8 Å². The standard InChI is InChI=1S/C14H14N4O/c1-10-6-7-11-4-3-5-12(14(11)17-10)19-8-13-15-9-16-18(13)2/h3-7,9H,8H2,1-2H3. The van der Waals surface area contributed by atoms with E-state index in [4.69, 9.17) is 4.74 Å². The first kappa shape index (κ1) is 11.6. The molecule has 0 fully saturated rings. The van der Waals surface area contributed by atoms with Crippen molar-refractivity contribution in [3.8, 4) is 5.75 Å². The fraction of sp³-hybridized carbons (Fsp3) is 0.214. The Balaban J connectivity index is 1.92. The first-order valence-electron chi connectivity index (χ1n) is 6.06. The summed E-state index contributed by atoms with van der Waals surface area (Å²) in [7, 11) is 1.84. The molecule has 0 amide bonds. The zero-order valence-electron chi connectivity index (χ0n) is 10.9. The highest BCUT2D eigenvalue weighted by Gasteiger charge is 2.06. The average Bonchev–Trinajstić information content (AvgIpc) is 2.82. The van der Waals surface area contributed by atoms with Crippen LogP contribution in [0.5, 0.6) is 5.75 Å². The molecular weight excluding hydrogens is 240 g/mol. The van der Waals surface area contributed by atoms with Gasteiger partial charge in [0.2, 0.25) is 0 Å². The molecule has 2 aromatic heterocycles. The van der Waals surface area contributed by atoms with E-state index in [1.807, 2.05) is 44.3 Å². The van der Waals surface area contributed by atoms with Crippen LogP contribution in [-0.4, -0.2) is 19.7 Å². The molecule has 0 aliphatic heterocycles. The second-order valence-electron chi connectivity index (χ2n) is 4.37. The zero-order valence-corrected chi connectivity index (χ0v) is 10.9. The number of aryl methyl sites for hydroxylation is 2. The summed E-state index contributed by atoms with van der Waals surface area (Å²) < 4.78 is 7.51. The number of ether oxygens (including phenoxy) is 1. The van der Waals surface area contributed by atoms with E-state index in [2.05, 4.69) is 15.1 Å². The van der Waals surface area contributed by atoms with Gasteiger partial charge in [0.05, 0.1) is 0 Å². The van der Waals surface area contributed by atoms with Gasteiger partial charge >= 0.3 is 0 Å². The van der Waals surface area contributed by atoms with Gasteiger partial charge in [0.25, 0.3) is 0 Å². The molecule has 5 heteroatoms. The number of fused-ring (bicyclic) bond motifs is 1. The highest BCUT2D eigenvalue weighted by Crippen LogP contribution is 2.24. The molecule has 2 heterocycles. The van der Waals surface area contributed by atoms with Crippen molar-refractivity contribution in [2.45, 2.75) is 13.5 Å². The molecule has 3 aromatic rings. The summed E-state index contributed by atoms with van der Waals surface area (Å²) in [6.07, 6.45) is 1.52. The van der Waals surface area contributed by atoms with E-state index in [0.717, 1.165) is 28.2 Å². The fourth-order valence-corrected chi connectivity index (χ4v) is 1.93. The Hall–Kier alpha value is -2.43. The van der Waals surface area contributed by atoms with Crippen LogP contribution < -0.4 is 4.74 Å². The maximum Gasteiger partial charge on any atom is 0.164 e. The van der Waals surface area contributed by atoms with Gasteiger partial charge in [0.15, 0.2) is 5.82 Å². The van der Waals surface area contributed by atoms with Crippen LogP contribution >= 0.6 is 0 Å². The molecule has 0 bridgehead atoms. The molecule has 19 heavy (non-hydrogen) atoms. The molecule has 0 radical (unpaired) electrons. The molecule has 0 saturated carbocycles. The van der Waals surface area contributed by atoms with Gasteiger partial charge in [-0.25, -0.2) is 9.97 Å². The average molecular weight is 254 g/mol. The van der Waals surface area contributed by atoms with Crippen LogP contribution in [0.1, 0.15) is 11.5 Å². The summed E-state index contributed by atoms with van der Waals surface area (Å²) in [4.78, 5) is 8.67. The summed E-state index contributed by atoms with van der Waals surface area (Å²) in [5.74, 6) is 1.55. The third kappa shape index (κ3) is 2.27. The van der Waals surface area contributed by atoms with Gasteiger partial charge in [0.1, 0.15) is 24.2 Å². The number of rotatable bonds is 3. The van der Waals surface area contributed by atoms with E-state index in [-0.39, 0.29) is 0 Å². The monoisotopic (exact) mass is 254 g/mol. The third-order valence-corrected chi connectivity index (χ3v) is 2.98. The van der Waals surface area contributed by atoms with Crippen LogP contribution in [0.25, 0.3) is 10.9 Å². The van der Waals surface area contributed by atoms with Crippen molar-refractivity contribution < 1.29 is 4.74 Å². The predicted octanol–water partition coefficient (Wildman–Crippen LogP) is 2.25. The first-order valence-corrected chi connectivity index (χ1v) is 6.06. The summed E-state index contributed by atoms with van der Waals surface area (Å²) in [5.41, 5.74) is 1.85. The highest BCUT2D eigenvalue weighted by molar-refractivity contribution is 5.84. The molecule has 0 saturated heterocycles. The molecular formula is C14H14N4O. The molecule has 0 unspecified atom stereocenters. The molecule has 1 aromatic carbocycles. The summed E-state index contributed by atoms with van der Waals surface area (Å²) in [6.45, 7) is 2.35. The van der Waals surface area contributed by atoms with Crippen LogP contribution in [0.2, 0.25) is 0 Å². The summed E-state index contributed by atoms with van der Waals surface area (Å²) in [5, 5.41) is 5.09.